The van der Waals surface area contributed by atoms with Gasteiger partial charge in [-0.3, -0.25) is 9.48 Å². The third kappa shape index (κ3) is 7.26. The lowest BCUT2D eigenvalue weighted by atomic mass is 10.1. The van der Waals surface area contributed by atoms with Crippen molar-refractivity contribution in [2.45, 2.75) is 32.9 Å². The van der Waals surface area contributed by atoms with Crippen LogP contribution in [0.25, 0.3) is 22.8 Å². The Morgan fingerprint density at radius 3 is 2.55 bits per heavy atom. The van der Waals surface area contributed by atoms with Gasteiger partial charge in [-0.25, -0.2) is 14.8 Å². The molecule has 9 heteroatoms. The van der Waals surface area contributed by atoms with Gasteiger partial charge < -0.3 is 15.1 Å². The first-order chi connectivity index (χ1) is 15.8. The lowest BCUT2D eigenvalue weighted by Crippen LogP contribution is -2.06. The molecule has 1 unspecified atom stereocenters. The Morgan fingerprint density at radius 2 is 1.94 bits per heavy atom. The van der Waals surface area contributed by atoms with Gasteiger partial charge in [-0.15, -0.1) is 0 Å². The van der Waals surface area contributed by atoms with Crippen molar-refractivity contribution in [3.05, 3.63) is 53.9 Å². The van der Waals surface area contributed by atoms with Gasteiger partial charge in [0, 0.05) is 38.0 Å². The van der Waals surface area contributed by atoms with E-state index in [1.807, 2.05) is 19.9 Å². The fourth-order valence-electron chi connectivity index (χ4n) is 2.62. The molecule has 9 nitrogen and oxygen atoms in total. The molecular weight excluding hydrogens is 422 g/mol. The standard InChI is InChI=1S/C21H20N4O3.C3H7NO/c1-3-16(26)9-8-14-6-5-7-15(12-14)20-23-17(13-18(24-20)21(27)28)19-10-11-22-25(19)4-2;1-4(2)3-5/h5-7,10-13,16,26H,3-4H2,1-2H3,(H,27,28);3H,1-2H3. The van der Waals surface area contributed by atoms with Crippen molar-refractivity contribution in [2.75, 3.05) is 14.1 Å². The second-order valence-corrected chi connectivity index (χ2v) is 7.14. The Kier molecular flexibility index (Phi) is 9.27. The minimum absolute atomic E-state index is 0.0956. The molecule has 0 fully saturated rings. The number of carboxylic acids is 1. The predicted molar refractivity (Wildman–Crippen MR) is 124 cm³/mol. The normalized spacial score (nSPS) is 10.8. The van der Waals surface area contributed by atoms with E-state index >= 15 is 0 Å². The number of aliphatic hydroxyl groups excluding tert-OH is 1. The topological polar surface area (TPSA) is 121 Å². The molecule has 0 radical (unpaired) electrons. The van der Waals surface area contributed by atoms with Gasteiger partial charge in [0.15, 0.2) is 11.5 Å². The van der Waals surface area contributed by atoms with Gasteiger partial charge >= 0.3 is 5.97 Å². The van der Waals surface area contributed by atoms with Crippen molar-refractivity contribution >= 4 is 12.4 Å². The molecule has 0 saturated carbocycles. The molecule has 0 saturated heterocycles. The number of aliphatic hydroxyl groups is 1. The number of aromatic nitrogens is 4. The first kappa shape index (κ1) is 25.2. The molecule has 0 aliphatic rings. The van der Waals surface area contributed by atoms with Crippen LogP contribution >= 0.6 is 0 Å². The van der Waals surface area contributed by atoms with Gasteiger partial charge in [-0.05, 0) is 37.6 Å². The van der Waals surface area contributed by atoms with Crippen LogP contribution in [0.4, 0.5) is 0 Å². The highest BCUT2D eigenvalue weighted by molar-refractivity contribution is 5.87. The molecule has 0 aliphatic carbocycles. The molecule has 33 heavy (non-hydrogen) atoms. The van der Waals surface area contributed by atoms with E-state index in [2.05, 4.69) is 26.9 Å². The average molecular weight is 450 g/mol. The van der Waals surface area contributed by atoms with Crippen LogP contribution < -0.4 is 0 Å². The number of aromatic carboxylic acids is 1. The second-order valence-electron chi connectivity index (χ2n) is 7.14. The summed E-state index contributed by atoms with van der Waals surface area (Å²) < 4.78 is 1.74. The zero-order chi connectivity index (χ0) is 24.4. The van der Waals surface area contributed by atoms with E-state index < -0.39 is 12.1 Å². The fourth-order valence-corrected chi connectivity index (χ4v) is 2.62. The molecule has 0 bridgehead atoms. The van der Waals surface area contributed by atoms with Crippen LogP contribution in [-0.4, -0.2) is 67.4 Å². The van der Waals surface area contributed by atoms with E-state index in [1.165, 1.54) is 11.0 Å². The molecule has 0 aliphatic heterocycles. The molecule has 3 aromatic rings. The van der Waals surface area contributed by atoms with Gasteiger partial charge in [0.05, 0.1) is 11.4 Å². The van der Waals surface area contributed by atoms with Crippen LogP contribution in [0, 0.1) is 11.8 Å². The lowest BCUT2D eigenvalue weighted by molar-refractivity contribution is -0.115. The van der Waals surface area contributed by atoms with Crippen molar-refractivity contribution in [3.63, 3.8) is 0 Å². The van der Waals surface area contributed by atoms with E-state index in [-0.39, 0.29) is 5.69 Å². The maximum absolute atomic E-state index is 11.6. The molecule has 2 aromatic heterocycles. The lowest BCUT2D eigenvalue weighted by Gasteiger charge is -2.08. The van der Waals surface area contributed by atoms with E-state index in [0.29, 0.717) is 35.6 Å². The molecule has 0 spiro atoms. The first-order valence-electron chi connectivity index (χ1n) is 10.3. The van der Waals surface area contributed by atoms with Crippen LogP contribution in [0.2, 0.25) is 0 Å². The predicted octanol–water partition coefficient (Wildman–Crippen LogP) is 2.55. The van der Waals surface area contributed by atoms with E-state index in [4.69, 9.17) is 0 Å². The van der Waals surface area contributed by atoms with Crippen LogP contribution in [0.5, 0.6) is 0 Å². The van der Waals surface area contributed by atoms with Crippen molar-refractivity contribution in [2.24, 2.45) is 0 Å². The second kappa shape index (κ2) is 12.1. The highest BCUT2D eigenvalue weighted by Crippen LogP contribution is 2.23. The monoisotopic (exact) mass is 449 g/mol. The summed E-state index contributed by atoms with van der Waals surface area (Å²) in [5.41, 5.74) is 2.44. The van der Waals surface area contributed by atoms with E-state index in [0.717, 1.165) is 12.1 Å². The summed E-state index contributed by atoms with van der Waals surface area (Å²) >= 11 is 0. The maximum atomic E-state index is 11.6. The number of hydrogen-bond donors (Lipinski definition) is 2. The minimum Gasteiger partial charge on any atom is -0.477 e. The molecule has 2 heterocycles. The molecule has 3 rings (SSSR count). The molecular formula is C24H27N5O4. The number of carbonyl (C=O) groups is 2. The van der Waals surface area contributed by atoms with Crippen molar-refractivity contribution in [1.29, 1.82) is 0 Å². The van der Waals surface area contributed by atoms with E-state index in [9.17, 15) is 19.8 Å². The van der Waals surface area contributed by atoms with Crippen LogP contribution in [0.1, 0.15) is 36.3 Å². The van der Waals surface area contributed by atoms with Gasteiger partial charge in [0.1, 0.15) is 6.10 Å². The third-order valence-corrected chi connectivity index (χ3v) is 4.33. The average Bonchev–Trinajstić information content (AvgIpc) is 3.31. The molecule has 1 atom stereocenters. The number of amides is 1. The van der Waals surface area contributed by atoms with Crippen molar-refractivity contribution in [1.82, 2.24) is 24.6 Å². The maximum Gasteiger partial charge on any atom is 0.354 e. The van der Waals surface area contributed by atoms with Gasteiger partial charge in [-0.1, -0.05) is 30.9 Å². The molecule has 1 aromatic carbocycles. The molecule has 172 valence electrons. The van der Waals surface area contributed by atoms with Crippen LogP contribution in [-0.2, 0) is 11.3 Å². The Morgan fingerprint density at radius 1 is 1.21 bits per heavy atom. The quantitative estimate of drug-likeness (QED) is 0.438. The third-order valence-electron chi connectivity index (χ3n) is 4.33. The SMILES string of the molecule is CCC(O)C#Cc1cccc(-c2nc(C(=O)O)cc(-c3ccnn3CC)n2)c1.CN(C)C=O. The molecule has 1 amide bonds. The summed E-state index contributed by atoms with van der Waals surface area (Å²) in [5, 5.41) is 23.3. The Hall–Kier alpha value is -4.03. The summed E-state index contributed by atoms with van der Waals surface area (Å²) in [5.74, 6) is 4.84. The molecule has 2 N–H and O–H groups in total. The number of aryl methyl sites for hydroxylation is 1. The highest BCUT2D eigenvalue weighted by atomic mass is 16.4. The van der Waals surface area contributed by atoms with Crippen LogP contribution in [0.15, 0.2) is 42.6 Å². The summed E-state index contributed by atoms with van der Waals surface area (Å²) in [6.45, 7) is 4.43. The van der Waals surface area contributed by atoms with Gasteiger partial charge in [0.25, 0.3) is 0 Å². The summed E-state index contributed by atoms with van der Waals surface area (Å²) in [6, 6.07) is 10.4. The Labute approximate surface area is 192 Å². The van der Waals surface area contributed by atoms with Crippen molar-refractivity contribution < 1.29 is 19.8 Å². The summed E-state index contributed by atoms with van der Waals surface area (Å²) in [6.07, 6.45) is 2.26. The summed E-state index contributed by atoms with van der Waals surface area (Å²) in [7, 11) is 3.38. The number of hydrogen-bond acceptors (Lipinski definition) is 6. The zero-order valence-electron chi connectivity index (χ0n) is 19.1. The van der Waals surface area contributed by atoms with Crippen LogP contribution in [0.3, 0.4) is 0 Å². The minimum atomic E-state index is -1.13. The van der Waals surface area contributed by atoms with E-state index in [1.54, 1.807) is 49.2 Å². The van der Waals surface area contributed by atoms with Crippen molar-refractivity contribution in [3.8, 4) is 34.6 Å². The number of carboxylic acid groups (broad SMARTS) is 1. The zero-order valence-corrected chi connectivity index (χ0v) is 19.1. The number of nitrogens with zero attached hydrogens (tertiary/aromatic N) is 5. The fraction of sp³-hybridized carbons (Fsp3) is 0.292. The number of carbonyl (C=O) groups excluding carboxylic acids is 1. The number of rotatable bonds is 6. The van der Waals surface area contributed by atoms with Gasteiger partial charge in [0.2, 0.25) is 6.41 Å². The first-order valence-corrected chi connectivity index (χ1v) is 10.3. The Balaban J connectivity index is 0.000000696. The largest absolute Gasteiger partial charge is 0.477 e. The smallest absolute Gasteiger partial charge is 0.354 e. The van der Waals surface area contributed by atoms with Gasteiger partial charge in [-0.2, -0.15) is 5.10 Å². The number of benzene rings is 1. The summed E-state index contributed by atoms with van der Waals surface area (Å²) in [4.78, 5) is 31.2. The Bertz CT molecular complexity index is 1160. The highest BCUT2D eigenvalue weighted by Gasteiger charge is 2.15.